The van der Waals surface area contributed by atoms with Gasteiger partial charge in [-0.05, 0) is 49.7 Å². The molecule has 3 aromatic rings. The number of amides is 1. The molecule has 0 spiro atoms. The molecular formula is C18H17BrN2O4S. The Bertz CT molecular complexity index is 1120. The summed E-state index contributed by atoms with van der Waals surface area (Å²) in [4.78, 5) is 12.6. The van der Waals surface area contributed by atoms with E-state index < -0.39 is 15.9 Å². The molecule has 1 amide bonds. The molecule has 0 saturated heterocycles. The smallest absolute Gasteiger partial charge is 0.291 e. The molecule has 0 aliphatic carbocycles. The molecule has 1 aromatic heterocycles. The number of aryl methyl sites for hydroxylation is 2. The Morgan fingerprint density at radius 3 is 2.54 bits per heavy atom. The molecule has 0 bridgehead atoms. The van der Waals surface area contributed by atoms with E-state index in [-0.39, 0.29) is 5.76 Å². The quantitative estimate of drug-likeness (QED) is 0.632. The average Bonchev–Trinajstić information content (AvgIpc) is 2.86. The Morgan fingerprint density at radius 1 is 1.12 bits per heavy atom. The highest BCUT2D eigenvalue weighted by Gasteiger charge is 2.18. The lowest BCUT2D eigenvalue weighted by Crippen LogP contribution is -2.14. The maximum Gasteiger partial charge on any atom is 0.291 e. The summed E-state index contributed by atoms with van der Waals surface area (Å²) in [7, 11) is -3.41. The van der Waals surface area contributed by atoms with Gasteiger partial charge in [0.25, 0.3) is 5.91 Å². The Balaban J connectivity index is 1.91. The van der Waals surface area contributed by atoms with Crippen LogP contribution in [0, 0.1) is 13.8 Å². The first-order chi connectivity index (χ1) is 12.1. The van der Waals surface area contributed by atoms with E-state index in [0.717, 1.165) is 27.2 Å². The van der Waals surface area contributed by atoms with Crippen LogP contribution < -0.4 is 10.0 Å². The predicted octanol–water partition coefficient (Wildman–Crippen LogP) is 4.44. The summed E-state index contributed by atoms with van der Waals surface area (Å²) in [6.07, 6.45) is 1.08. The lowest BCUT2D eigenvalue weighted by Gasteiger charge is -2.10. The molecule has 3 rings (SSSR count). The van der Waals surface area contributed by atoms with Crippen molar-refractivity contribution in [1.82, 2.24) is 0 Å². The van der Waals surface area contributed by atoms with Gasteiger partial charge in [-0.1, -0.05) is 22.0 Å². The van der Waals surface area contributed by atoms with Crippen molar-refractivity contribution in [3.05, 3.63) is 57.8 Å². The van der Waals surface area contributed by atoms with E-state index in [9.17, 15) is 13.2 Å². The van der Waals surface area contributed by atoms with E-state index in [4.69, 9.17) is 4.42 Å². The molecule has 26 heavy (non-hydrogen) atoms. The van der Waals surface area contributed by atoms with Gasteiger partial charge in [0.2, 0.25) is 10.0 Å². The molecule has 0 unspecified atom stereocenters. The van der Waals surface area contributed by atoms with Crippen LogP contribution in [-0.4, -0.2) is 20.6 Å². The van der Waals surface area contributed by atoms with Crippen LogP contribution in [0.2, 0.25) is 0 Å². The number of halogens is 1. The van der Waals surface area contributed by atoms with Gasteiger partial charge < -0.3 is 9.73 Å². The van der Waals surface area contributed by atoms with Gasteiger partial charge in [-0.3, -0.25) is 9.52 Å². The molecule has 8 heteroatoms. The monoisotopic (exact) mass is 436 g/mol. The molecule has 1 heterocycles. The van der Waals surface area contributed by atoms with E-state index in [1.165, 1.54) is 0 Å². The van der Waals surface area contributed by atoms with Crippen molar-refractivity contribution in [1.29, 1.82) is 0 Å². The summed E-state index contributed by atoms with van der Waals surface area (Å²) < 4.78 is 31.9. The van der Waals surface area contributed by atoms with Gasteiger partial charge in [0, 0.05) is 21.1 Å². The third kappa shape index (κ3) is 3.91. The number of carbonyl (C=O) groups is 1. The van der Waals surface area contributed by atoms with Crippen molar-refractivity contribution >= 4 is 54.2 Å². The molecule has 0 radical (unpaired) electrons. The summed E-state index contributed by atoms with van der Waals surface area (Å²) >= 11 is 3.41. The fraction of sp³-hybridized carbons (Fsp3) is 0.167. The maximum absolute atomic E-state index is 12.6. The number of nitrogens with one attached hydrogen (secondary N) is 2. The summed E-state index contributed by atoms with van der Waals surface area (Å²) in [5, 5.41) is 3.60. The van der Waals surface area contributed by atoms with Gasteiger partial charge in [-0.2, -0.15) is 0 Å². The van der Waals surface area contributed by atoms with Crippen LogP contribution >= 0.6 is 15.9 Å². The summed E-state index contributed by atoms with van der Waals surface area (Å²) in [6.45, 7) is 3.60. The van der Waals surface area contributed by atoms with Gasteiger partial charge in [-0.25, -0.2) is 8.42 Å². The van der Waals surface area contributed by atoms with Crippen molar-refractivity contribution in [3.63, 3.8) is 0 Å². The van der Waals surface area contributed by atoms with Crippen LogP contribution in [0.25, 0.3) is 11.0 Å². The molecule has 0 aliphatic rings. The summed E-state index contributed by atoms with van der Waals surface area (Å²) in [5.41, 5.74) is 2.99. The average molecular weight is 437 g/mol. The standard InChI is InChI=1S/C18H17BrN2O4S/c1-10-4-6-13(9-15(10)21-26(3,23)24)20-18(22)17-11(2)14-8-12(19)5-7-16(14)25-17/h4-9,21H,1-3H3,(H,20,22). The number of fused-ring (bicyclic) bond motifs is 1. The Kier molecular flexibility index (Phi) is 4.81. The molecule has 0 aliphatic heterocycles. The summed E-state index contributed by atoms with van der Waals surface area (Å²) in [5.74, 6) is -0.180. The first-order valence-electron chi connectivity index (χ1n) is 7.72. The van der Waals surface area contributed by atoms with Crippen LogP contribution in [0.5, 0.6) is 0 Å². The van der Waals surface area contributed by atoms with E-state index >= 15 is 0 Å². The third-order valence-corrected chi connectivity index (χ3v) is 4.98. The van der Waals surface area contributed by atoms with E-state index in [1.807, 2.05) is 19.1 Å². The fourth-order valence-electron chi connectivity index (χ4n) is 2.61. The Morgan fingerprint density at radius 2 is 1.85 bits per heavy atom. The van der Waals surface area contributed by atoms with Crippen LogP contribution in [0.3, 0.4) is 0 Å². The molecule has 136 valence electrons. The molecular weight excluding hydrogens is 420 g/mol. The van der Waals surface area contributed by atoms with Crippen LogP contribution in [0.1, 0.15) is 21.7 Å². The van der Waals surface area contributed by atoms with Crippen molar-refractivity contribution in [2.75, 3.05) is 16.3 Å². The minimum absolute atomic E-state index is 0.219. The number of anilines is 2. The largest absolute Gasteiger partial charge is 0.451 e. The number of benzene rings is 2. The first-order valence-corrected chi connectivity index (χ1v) is 10.4. The number of sulfonamides is 1. The lowest BCUT2D eigenvalue weighted by molar-refractivity contribution is 0.0998. The van der Waals surface area contributed by atoms with Gasteiger partial charge in [0.1, 0.15) is 5.58 Å². The second kappa shape index (κ2) is 6.77. The predicted molar refractivity (Wildman–Crippen MR) is 106 cm³/mol. The van der Waals surface area contributed by atoms with E-state index in [2.05, 4.69) is 26.0 Å². The van der Waals surface area contributed by atoms with Crippen LogP contribution in [-0.2, 0) is 10.0 Å². The zero-order valence-electron chi connectivity index (χ0n) is 14.4. The molecule has 6 nitrogen and oxygen atoms in total. The molecule has 2 N–H and O–H groups in total. The van der Waals surface area contributed by atoms with Crippen molar-refractivity contribution < 1.29 is 17.6 Å². The van der Waals surface area contributed by atoms with Crippen LogP contribution in [0.15, 0.2) is 45.3 Å². The Hall–Kier alpha value is -2.32. The normalized spacial score (nSPS) is 11.5. The number of furan rings is 1. The Labute approximate surface area is 159 Å². The first kappa shape index (κ1) is 18.5. The van der Waals surface area contributed by atoms with Gasteiger partial charge >= 0.3 is 0 Å². The zero-order valence-corrected chi connectivity index (χ0v) is 16.8. The zero-order chi connectivity index (χ0) is 19.1. The van der Waals surface area contributed by atoms with Gasteiger partial charge in [-0.15, -0.1) is 0 Å². The highest BCUT2D eigenvalue weighted by atomic mass is 79.9. The second-order valence-corrected chi connectivity index (χ2v) is 8.72. The van der Waals surface area contributed by atoms with Crippen LogP contribution in [0.4, 0.5) is 11.4 Å². The highest BCUT2D eigenvalue weighted by Crippen LogP contribution is 2.29. The summed E-state index contributed by atoms with van der Waals surface area (Å²) in [6, 6.07) is 10.5. The second-order valence-electron chi connectivity index (χ2n) is 6.05. The third-order valence-electron chi connectivity index (χ3n) is 3.90. The topological polar surface area (TPSA) is 88.4 Å². The van der Waals surface area contributed by atoms with Crippen molar-refractivity contribution in [2.45, 2.75) is 13.8 Å². The number of carbonyl (C=O) groups excluding carboxylic acids is 1. The van der Waals surface area contributed by atoms with Gasteiger partial charge in [0.05, 0.1) is 11.9 Å². The number of hydrogen-bond donors (Lipinski definition) is 2. The minimum atomic E-state index is -3.41. The van der Waals surface area contributed by atoms with E-state index in [1.54, 1.807) is 31.2 Å². The number of hydrogen-bond acceptors (Lipinski definition) is 4. The fourth-order valence-corrected chi connectivity index (χ4v) is 3.59. The molecule has 0 fully saturated rings. The van der Waals surface area contributed by atoms with Gasteiger partial charge in [0.15, 0.2) is 5.76 Å². The van der Waals surface area contributed by atoms with Crippen molar-refractivity contribution in [3.8, 4) is 0 Å². The molecule has 0 saturated carbocycles. The lowest BCUT2D eigenvalue weighted by atomic mass is 10.1. The molecule has 0 atom stereocenters. The van der Waals surface area contributed by atoms with E-state index in [0.29, 0.717) is 17.0 Å². The minimum Gasteiger partial charge on any atom is -0.451 e. The highest BCUT2D eigenvalue weighted by molar-refractivity contribution is 9.10. The van der Waals surface area contributed by atoms with Crippen molar-refractivity contribution in [2.24, 2.45) is 0 Å². The molecule has 2 aromatic carbocycles. The number of rotatable bonds is 4. The SMILES string of the molecule is Cc1ccc(NC(=O)c2oc3ccc(Br)cc3c2C)cc1NS(C)(=O)=O. The maximum atomic E-state index is 12.6.